The van der Waals surface area contributed by atoms with E-state index in [2.05, 4.69) is 9.84 Å². The number of carboxylic acids is 1. The van der Waals surface area contributed by atoms with Gasteiger partial charge in [-0.15, -0.1) is 0 Å². The van der Waals surface area contributed by atoms with Crippen molar-refractivity contribution in [2.45, 2.75) is 13.2 Å². The fraction of sp³-hybridized carbons (Fsp3) is 0.250. The third kappa shape index (κ3) is 3.34. The molecule has 0 aliphatic carbocycles. The molecule has 1 N–H and O–H groups in total. The molecule has 7 nitrogen and oxygen atoms in total. The topological polar surface area (TPSA) is 86.4 Å². The quantitative estimate of drug-likeness (QED) is 0.853. The maximum Gasteiger partial charge on any atom is 0.388 e. The number of carbonyl (C=O) groups is 1. The maximum atomic E-state index is 14.3. The average Bonchev–Trinajstić information content (AvgIpc) is 2.72. The third-order valence-electron chi connectivity index (χ3n) is 2.86. The summed E-state index contributed by atoms with van der Waals surface area (Å²) in [5.41, 5.74) is -2.06. The second-order valence-electron chi connectivity index (χ2n) is 4.44. The summed E-state index contributed by atoms with van der Waals surface area (Å²) >= 11 is 11.4. The summed E-state index contributed by atoms with van der Waals surface area (Å²) in [7, 11) is 1.19. The van der Waals surface area contributed by atoms with Crippen molar-refractivity contribution in [1.82, 2.24) is 14.3 Å². The second kappa shape index (κ2) is 6.73. The van der Waals surface area contributed by atoms with Gasteiger partial charge in [-0.05, 0) is 0 Å². The molecule has 0 aliphatic heterocycles. The van der Waals surface area contributed by atoms with Gasteiger partial charge < -0.3 is 9.84 Å². The zero-order valence-corrected chi connectivity index (χ0v) is 13.3. The molecule has 0 fully saturated rings. The molecular formula is C12H8Cl2F3N3O4. The molecule has 2 heterocycles. The first-order valence-electron chi connectivity index (χ1n) is 6.11. The standard InChI is InChI=1S/C12H8Cl2F3N3O4/c1-19-11(24-12(16)17)7(14)8(18-19)9-5(15)2-4(13)10(23)20(9)3-6(21)22/h2,12H,3H2,1H3,(H,21,22). The largest absolute Gasteiger partial charge is 0.480 e. The molecule has 0 saturated heterocycles. The Labute approximate surface area is 141 Å². The Morgan fingerprint density at radius 3 is 2.62 bits per heavy atom. The SMILES string of the molecule is Cn1nc(-c2c(F)cc(Cl)c(=O)n2CC(=O)O)c(Cl)c1OC(F)F. The number of nitrogens with zero attached hydrogens (tertiary/aromatic N) is 3. The van der Waals surface area contributed by atoms with Crippen LogP contribution >= 0.6 is 23.2 Å². The number of aryl methyl sites for hydroxylation is 1. The number of halogens is 5. The van der Waals surface area contributed by atoms with Gasteiger partial charge in [-0.2, -0.15) is 13.9 Å². The van der Waals surface area contributed by atoms with Crippen molar-refractivity contribution in [1.29, 1.82) is 0 Å². The zero-order valence-electron chi connectivity index (χ0n) is 11.8. The van der Waals surface area contributed by atoms with Crippen LogP contribution in [0.15, 0.2) is 10.9 Å². The number of rotatable bonds is 5. The zero-order chi connectivity index (χ0) is 18.2. The Morgan fingerprint density at radius 2 is 2.08 bits per heavy atom. The van der Waals surface area contributed by atoms with Crippen molar-refractivity contribution in [2.24, 2.45) is 7.05 Å². The number of hydrogen-bond acceptors (Lipinski definition) is 4. The number of aliphatic carboxylic acids is 1. The number of aromatic nitrogens is 3. The lowest BCUT2D eigenvalue weighted by Crippen LogP contribution is -2.27. The van der Waals surface area contributed by atoms with Crippen LogP contribution in [-0.4, -0.2) is 32.0 Å². The lowest BCUT2D eigenvalue weighted by atomic mass is 10.2. The van der Waals surface area contributed by atoms with E-state index in [0.717, 1.165) is 4.68 Å². The molecule has 2 aromatic heterocycles. The van der Waals surface area contributed by atoms with E-state index in [9.17, 15) is 22.8 Å². The van der Waals surface area contributed by atoms with Gasteiger partial charge in [0.2, 0.25) is 5.88 Å². The summed E-state index contributed by atoms with van der Waals surface area (Å²) in [6, 6.07) is 0.649. The lowest BCUT2D eigenvalue weighted by Gasteiger charge is -2.11. The van der Waals surface area contributed by atoms with Crippen LogP contribution in [0.25, 0.3) is 11.4 Å². The minimum Gasteiger partial charge on any atom is -0.480 e. The van der Waals surface area contributed by atoms with Gasteiger partial charge in [0.25, 0.3) is 5.56 Å². The van der Waals surface area contributed by atoms with Crippen LogP contribution in [0.2, 0.25) is 10.0 Å². The van der Waals surface area contributed by atoms with Gasteiger partial charge in [-0.25, -0.2) is 9.07 Å². The molecule has 2 rings (SSSR count). The first-order chi connectivity index (χ1) is 11.1. The Balaban J connectivity index is 2.75. The number of hydrogen-bond donors (Lipinski definition) is 1. The normalized spacial score (nSPS) is 11.1. The summed E-state index contributed by atoms with van der Waals surface area (Å²) < 4.78 is 44.5. The van der Waals surface area contributed by atoms with Crippen LogP contribution in [0.4, 0.5) is 13.2 Å². The van der Waals surface area contributed by atoms with E-state index in [-0.39, 0.29) is 0 Å². The summed E-state index contributed by atoms with van der Waals surface area (Å²) in [6.45, 7) is -4.16. The highest BCUT2D eigenvalue weighted by Gasteiger charge is 2.26. The molecule has 0 unspecified atom stereocenters. The monoisotopic (exact) mass is 385 g/mol. The van der Waals surface area contributed by atoms with E-state index in [1.165, 1.54) is 7.05 Å². The molecule has 2 aromatic rings. The number of ether oxygens (including phenoxy) is 1. The minimum atomic E-state index is -3.22. The van der Waals surface area contributed by atoms with Crippen LogP contribution < -0.4 is 10.3 Å². The first-order valence-corrected chi connectivity index (χ1v) is 6.87. The highest BCUT2D eigenvalue weighted by atomic mass is 35.5. The van der Waals surface area contributed by atoms with Crippen molar-refractivity contribution in [3.8, 4) is 17.3 Å². The summed E-state index contributed by atoms with van der Waals surface area (Å²) in [6.07, 6.45) is 0. The second-order valence-corrected chi connectivity index (χ2v) is 5.23. The van der Waals surface area contributed by atoms with Gasteiger partial charge in [-0.3, -0.25) is 14.2 Å². The lowest BCUT2D eigenvalue weighted by molar-refractivity contribution is -0.137. The Hall–Kier alpha value is -2.20. The molecule has 0 radical (unpaired) electrons. The van der Waals surface area contributed by atoms with Gasteiger partial charge in [0.15, 0.2) is 5.82 Å². The number of carboxylic acid groups (broad SMARTS) is 1. The Bertz CT molecular complexity index is 866. The molecule has 0 atom stereocenters. The van der Waals surface area contributed by atoms with Crippen LogP contribution in [-0.2, 0) is 18.4 Å². The molecule has 0 bridgehead atoms. The van der Waals surface area contributed by atoms with Crippen LogP contribution in [0.5, 0.6) is 5.88 Å². The van der Waals surface area contributed by atoms with Gasteiger partial charge in [0, 0.05) is 13.1 Å². The average molecular weight is 386 g/mol. The van der Waals surface area contributed by atoms with Crippen molar-refractivity contribution < 1.29 is 27.8 Å². The Kier molecular flexibility index (Phi) is 5.09. The molecule has 0 aromatic carbocycles. The fourth-order valence-electron chi connectivity index (χ4n) is 1.97. The van der Waals surface area contributed by atoms with Crippen molar-refractivity contribution >= 4 is 29.2 Å². The molecular weight excluding hydrogens is 378 g/mol. The molecule has 0 aliphatic rings. The predicted octanol–water partition coefficient (Wildman–Crippen LogP) is 2.38. The number of pyridine rings is 1. The minimum absolute atomic E-state index is 0.442. The third-order valence-corrected chi connectivity index (χ3v) is 3.47. The fourth-order valence-corrected chi connectivity index (χ4v) is 2.47. The number of alkyl halides is 2. The van der Waals surface area contributed by atoms with E-state index in [1.807, 2.05) is 0 Å². The molecule has 0 saturated carbocycles. The van der Waals surface area contributed by atoms with E-state index in [4.69, 9.17) is 28.3 Å². The molecule has 0 spiro atoms. The molecule has 130 valence electrons. The van der Waals surface area contributed by atoms with E-state index < -0.39 is 57.8 Å². The van der Waals surface area contributed by atoms with Gasteiger partial charge >= 0.3 is 12.6 Å². The Morgan fingerprint density at radius 1 is 1.46 bits per heavy atom. The molecule has 12 heteroatoms. The van der Waals surface area contributed by atoms with Crippen LogP contribution in [0, 0.1) is 5.82 Å². The van der Waals surface area contributed by atoms with Gasteiger partial charge in [0.1, 0.15) is 28.0 Å². The van der Waals surface area contributed by atoms with E-state index >= 15 is 0 Å². The van der Waals surface area contributed by atoms with E-state index in [0.29, 0.717) is 10.6 Å². The molecule has 24 heavy (non-hydrogen) atoms. The van der Waals surface area contributed by atoms with Gasteiger partial charge in [-0.1, -0.05) is 23.2 Å². The summed E-state index contributed by atoms with van der Waals surface area (Å²) in [4.78, 5) is 22.9. The first kappa shape index (κ1) is 18.1. The summed E-state index contributed by atoms with van der Waals surface area (Å²) in [5, 5.41) is 11.5. The maximum absolute atomic E-state index is 14.3. The predicted molar refractivity (Wildman–Crippen MR) is 77.1 cm³/mol. The van der Waals surface area contributed by atoms with Crippen molar-refractivity contribution in [2.75, 3.05) is 0 Å². The van der Waals surface area contributed by atoms with Crippen molar-refractivity contribution in [3.63, 3.8) is 0 Å². The summed E-state index contributed by atoms with van der Waals surface area (Å²) in [5.74, 6) is -3.15. The highest BCUT2D eigenvalue weighted by Crippen LogP contribution is 2.36. The van der Waals surface area contributed by atoms with Gasteiger partial charge in [0.05, 0.1) is 0 Å². The molecule has 0 amide bonds. The van der Waals surface area contributed by atoms with E-state index in [1.54, 1.807) is 0 Å². The van der Waals surface area contributed by atoms with Crippen LogP contribution in [0.3, 0.4) is 0 Å². The smallest absolute Gasteiger partial charge is 0.388 e. The van der Waals surface area contributed by atoms with Crippen molar-refractivity contribution in [3.05, 3.63) is 32.3 Å². The van der Waals surface area contributed by atoms with Crippen LogP contribution in [0.1, 0.15) is 0 Å². The highest BCUT2D eigenvalue weighted by molar-refractivity contribution is 6.34.